The van der Waals surface area contributed by atoms with Crippen molar-refractivity contribution in [1.29, 1.82) is 0 Å². The smallest absolute Gasteiger partial charge is 0.404 e. The van der Waals surface area contributed by atoms with Crippen molar-refractivity contribution in [2.24, 2.45) is 0 Å². The fourth-order valence-corrected chi connectivity index (χ4v) is 3.53. The van der Waals surface area contributed by atoms with Gasteiger partial charge in [-0.15, -0.1) is 5.43 Å². The van der Waals surface area contributed by atoms with E-state index in [1.54, 1.807) is 18.8 Å². The second kappa shape index (κ2) is 7.45. The van der Waals surface area contributed by atoms with Gasteiger partial charge in [-0.1, -0.05) is 12.1 Å². The average molecular weight is 406 g/mol. The molecule has 13 heteroatoms. The first-order chi connectivity index (χ1) is 12.1. The molecule has 1 aliphatic heterocycles. The van der Waals surface area contributed by atoms with Crippen LogP contribution in [0.25, 0.3) is 0 Å². The number of halogens is 1. The SMILES string of the molecule is COC(=O)c1ccccc1S(=O)(=O)NC(=O)N1NC(N(C)C)C(Cl)=[N+]1[O-]. The Morgan fingerprint density at radius 2 is 2.00 bits per heavy atom. The summed E-state index contributed by atoms with van der Waals surface area (Å²) < 4.78 is 31.2. The highest BCUT2D eigenvalue weighted by Gasteiger charge is 2.42. The molecular weight excluding hydrogens is 390 g/mol. The van der Waals surface area contributed by atoms with Crippen LogP contribution >= 0.6 is 11.6 Å². The van der Waals surface area contributed by atoms with Gasteiger partial charge in [0.2, 0.25) is 0 Å². The molecule has 0 aliphatic carbocycles. The number of nitrogens with zero attached hydrogens (tertiary/aromatic N) is 3. The summed E-state index contributed by atoms with van der Waals surface area (Å²) in [6.45, 7) is 0. The maximum Gasteiger partial charge on any atom is 0.404 e. The molecule has 0 saturated heterocycles. The Hall–Kier alpha value is -2.41. The van der Waals surface area contributed by atoms with Crippen molar-refractivity contribution in [3.63, 3.8) is 0 Å². The van der Waals surface area contributed by atoms with E-state index in [2.05, 4.69) is 10.2 Å². The third-order valence-electron chi connectivity index (χ3n) is 3.35. The maximum absolute atomic E-state index is 12.5. The summed E-state index contributed by atoms with van der Waals surface area (Å²) in [6, 6.07) is 3.85. The lowest BCUT2D eigenvalue weighted by Crippen LogP contribution is -2.53. The van der Waals surface area contributed by atoms with Gasteiger partial charge in [-0.3, -0.25) is 4.90 Å². The first-order valence-corrected chi connectivity index (χ1v) is 8.92. The van der Waals surface area contributed by atoms with Gasteiger partial charge >= 0.3 is 17.2 Å². The number of sulfonamides is 1. The van der Waals surface area contributed by atoms with E-state index in [4.69, 9.17) is 11.6 Å². The Labute approximate surface area is 154 Å². The van der Waals surface area contributed by atoms with E-state index in [1.165, 1.54) is 23.1 Å². The number of hydrogen-bond donors (Lipinski definition) is 2. The summed E-state index contributed by atoms with van der Waals surface area (Å²) in [5, 5.41) is 12.0. The molecule has 1 aromatic carbocycles. The first kappa shape index (κ1) is 19.9. The Morgan fingerprint density at radius 3 is 2.54 bits per heavy atom. The van der Waals surface area contributed by atoms with E-state index >= 15 is 0 Å². The summed E-state index contributed by atoms with van der Waals surface area (Å²) in [5.74, 6) is -0.896. The number of ether oxygens (including phenoxy) is 1. The van der Waals surface area contributed by atoms with Crippen LogP contribution < -0.4 is 10.1 Å². The van der Waals surface area contributed by atoms with Gasteiger partial charge in [0.05, 0.1) is 12.7 Å². The number of hydrogen-bond acceptors (Lipinski definition) is 8. The molecule has 1 heterocycles. The molecule has 11 nitrogen and oxygen atoms in total. The standard InChI is InChI=1S/C13H16ClN5O6S/c1-17(2)11-10(14)19(22)18(15-11)13(21)16-26(23,24)9-7-5-4-6-8(9)12(20)25-3/h4-7,11,15H,1-3H3,(H,16,21). The molecule has 0 saturated carbocycles. The topological polar surface area (TPSA) is 134 Å². The largest absolute Gasteiger partial charge is 0.594 e. The number of nitrogens with one attached hydrogen (secondary N) is 2. The third-order valence-corrected chi connectivity index (χ3v) is 5.08. The van der Waals surface area contributed by atoms with Crippen molar-refractivity contribution in [2.75, 3.05) is 21.2 Å². The summed E-state index contributed by atoms with van der Waals surface area (Å²) in [4.78, 5) is 25.0. The van der Waals surface area contributed by atoms with Crippen molar-refractivity contribution in [2.45, 2.75) is 11.1 Å². The monoisotopic (exact) mass is 405 g/mol. The molecule has 0 fully saturated rings. The molecule has 1 aromatic rings. The molecule has 142 valence electrons. The van der Waals surface area contributed by atoms with Crippen LogP contribution in [-0.2, 0) is 14.8 Å². The number of methoxy groups -OCH3 is 1. The van der Waals surface area contributed by atoms with Crippen LogP contribution in [0.15, 0.2) is 29.2 Å². The van der Waals surface area contributed by atoms with Gasteiger partial charge in [0.15, 0.2) is 6.17 Å². The third kappa shape index (κ3) is 3.72. The summed E-state index contributed by atoms with van der Waals surface area (Å²) in [7, 11) is -0.193. The van der Waals surface area contributed by atoms with E-state index in [1.807, 2.05) is 0 Å². The fraction of sp³-hybridized carbons (Fsp3) is 0.308. The number of hydrazone groups is 1. The van der Waals surface area contributed by atoms with Crippen LogP contribution in [0, 0.1) is 5.21 Å². The van der Waals surface area contributed by atoms with Crippen LogP contribution in [0.4, 0.5) is 4.79 Å². The van der Waals surface area contributed by atoms with Crippen LogP contribution in [0.2, 0.25) is 0 Å². The van der Waals surface area contributed by atoms with Crippen LogP contribution in [0.5, 0.6) is 0 Å². The normalized spacial score (nSPS) is 17.6. The number of amides is 2. The Morgan fingerprint density at radius 1 is 1.38 bits per heavy atom. The van der Waals surface area contributed by atoms with Crippen molar-refractivity contribution < 1.29 is 27.6 Å². The molecule has 0 radical (unpaired) electrons. The van der Waals surface area contributed by atoms with E-state index in [0.29, 0.717) is 5.12 Å². The molecule has 1 unspecified atom stereocenters. The highest BCUT2D eigenvalue weighted by atomic mass is 35.5. The minimum atomic E-state index is -4.47. The van der Waals surface area contributed by atoms with E-state index < -0.39 is 33.1 Å². The molecule has 0 aromatic heterocycles. The molecule has 2 amide bonds. The molecule has 1 atom stereocenters. The maximum atomic E-state index is 12.5. The van der Waals surface area contributed by atoms with Crippen molar-refractivity contribution >= 4 is 38.8 Å². The average Bonchev–Trinajstić information content (AvgIpc) is 2.89. The molecule has 2 N–H and O–H groups in total. The van der Waals surface area contributed by atoms with Crippen molar-refractivity contribution in [3.8, 4) is 0 Å². The van der Waals surface area contributed by atoms with Gasteiger partial charge < -0.3 is 9.94 Å². The molecule has 1 aliphatic rings. The highest BCUT2D eigenvalue weighted by Crippen LogP contribution is 2.17. The number of hydrazine groups is 2. The van der Waals surface area contributed by atoms with E-state index in [-0.39, 0.29) is 15.6 Å². The zero-order valence-corrected chi connectivity index (χ0v) is 15.5. The summed E-state index contributed by atoms with van der Waals surface area (Å²) in [5.41, 5.74) is 2.18. The van der Waals surface area contributed by atoms with E-state index in [0.717, 1.165) is 13.2 Å². The van der Waals surface area contributed by atoms with Gasteiger partial charge in [-0.05, 0) is 47.8 Å². The summed E-state index contributed by atoms with van der Waals surface area (Å²) >= 11 is 5.83. The van der Waals surface area contributed by atoms with Crippen LogP contribution in [0.1, 0.15) is 10.4 Å². The number of benzene rings is 1. The lowest BCUT2D eigenvalue weighted by Gasteiger charge is -2.18. The first-order valence-electron chi connectivity index (χ1n) is 7.06. The minimum absolute atomic E-state index is 0.0171. The lowest BCUT2D eigenvalue weighted by molar-refractivity contribution is -0.614. The number of carbonyl (C=O) groups excluding carboxylic acids is 2. The Balaban J connectivity index is 2.29. The Kier molecular flexibility index (Phi) is 5.71. The number of carbonyl (C=O) groups is 2. The van der Waals surface area contributed by atoms with Gasteiger partial charge in [-0.25, -0.2) is 22.7 Å². The molecule has 0 bridgehead atoms. The number of rotatable bonds is 4. The lowest BCUT2D eigenvalue weighted by atomic mass is 10.2. The van der Waals surface area contributed by atoms with Crippen molar-refractivity contribution in [3.05, 3.63) is 35.0 Å². The highest BCUT2D eigenvalue weighted by molar-refractivity contribution is 7.90. The number of esters is 1. The summed E-state index contributed by atoms with van der Waals surface area (Å²) in [6.07, 6.45) is -0.815. The van der Waals surface area contributed by atoms with Gasteiger partial charge in [0, 0.05) is 0 Å². The molecule has 26 heavy (non-hydrogen) atoms. The van der Waals surface area contributed by atoms with Gasteiger partial charge in [-0.2, -0.15) is 0 Å². The van der Waals surface area contributed by atoms with Crippen LogP contribution in [-0.4, -0.2) is 67.8 Å². The van der Waals surface area contributed by atoms with Crippen LogP contribution in [0.3, 0.4) is 0 Å². The van der Waals surface area contributed by atoms with Gasteiger partial charge in [0.25, 0.3) is 10.0 Å². The minimum Gasteiger partial charge on any atom is -0.594 e. The molecular formula is C13H16ClN5O6S. The van der Waals surface area contributed by atoms with Gasteiger partial charge in [0.1, 0.15) is 4.90 Å². The predicted molar refractivity (Wildman–Crippen MR) is 90.4 cm³/mol. The zero-order chi connectivity index (χ0) is 19.6. The second-order valence-electron chi connectivity index (χ2n) is 5.30. The molecule has 0 spiro atoms. The van der Waals surface area contributed by atoms with E-state index in [9.17, 15) is 23.2 Å². The molecule has 2 rings (SSSR count). The fourth-order valence-electron chi connectivity index (χ4n) is 2.08. The van der Waals surface area contributed by atoms with Crippen molar-refractivity contribution in [1.82, 2.24) is 20.2 Å². The second-order valence-corrected chi connectivity index (χ2v) is 7.34. The Bertz CT molecular complexity index is 872. The predicted octanol–water partition coefficient (Wildman–Crippen LogP) is -0.358. The number of urea groups is 1. The quantitative estimate of drug-likeness (QED) is 0.394. The zero-order valence-electron chi connectivity index (χ0n) is 14.0.